The van der Waals surface area contributed by atoms with E-state index in [9.17, 15) is 4.79 Å². The Bertz CT molecular complexity index is 393. The lowest BCUT2D eigenvalue weighted by molar-refractivity contribution is -0.120. The van der Waals surface area contributed by atoms with Gasteiger partial charge in [0.25, 0.3) is 0 Å². The van der Waals surface area contributed by atoms with Crippen molar-refractivity contribution in [2.75, 3.05) is 12.3 Å². The van der Waals surface area contributed by atoms with Gasteiger partial charge >= 0.3 is 0 Å². The molecule has 3 nitrogen and oxygen atoms in total. The maximum absolute atomic E-state index is 11.3. The summed E-state index contributed by atoms with van der Waals surface area (Å²) in [5.41, 5.74) is 1.29. The van der Waals surface area contributed by atoms with E-state index in [0.717, 1.165) is 12.3 Å². The Hall–Kier alpha value is -1.00. The van der Waals surface area contributed by atoms with E-state index < -0.39 is 0 Å². The third-order valence-corrected chi connectivity index (χ3v) is 3.58. The van der Waals surface area contributed by atoms with E-state index in [1.54, 1.807) is 11.8 Å². The van der Waals surface area contributed by atoms with Gasteiger partial charge in [-0.3, -0.25) is 4.79 Å². The summed E-state index contributed by atoms with van der Waals surface area (Å²) in [4.78, 5) is 12.6. The first-order valence-corrected chi connectivity index (χ1v) is 7.82. The molecule has 4 heteroatoms. The predicted octanol–water partition coefficient (Wildman–Crippen LogP) is 2.80. The van der Waals surface area contributed by atoms with Crippen LogP contribution in [0, 0.1) is 0 Å². The van der Waals surface area contributed by atoms with Crippen LogP contribution < -0.4 is 10.6 Å². The van der Waals surface area contributed by atoms with Crippen LogP contribution in [-0.2, 0) is 11.3 Å². The smallest absolute Gasteiger partial charge is 0.220 e. The van der Waals surface area contributed by atoms with Crippen molar-refractivity contribution < 1.29 is 4.79 Å². The Labute approximate surface area is 120 Å². The van der Waals surface area contributed by atoms with E-state index in [0.29, 0.717) is 19.0 Å². The molecule has 0 aliphatic carbocycles. The van der Waals surface area contributed by atoms with E-state index in [-0.39, 0.29) is 5.91 Å². The Morgan fingerprint density at radius 3 is 2.84 bits per heavy atom. The number of hydrogen-bond acceptors (Lipinski definition) is 3. The molecule has 0 aliphatic heterocycles. The number of carbonyl (C=O) groups excluding carboxylic acids is 1. The van der Waals surface area contributed by atoms with E-state index in [1.807, 2.05) is 6.92 Å². The summed E-state index contributed by atoms with van der Waals surface area (Å²) >= 11 is 1.73. The van der Waals surface area contributed by atoms with Gasteiger partial charge in [0.05, 0.1) is 0 Å². The molecular weight excluding hydrogens is 256 g/mol. The van der Waals surface area contributed by atoms with Crippen molar-refractivity contribution in [3.05, 3.63) is 29.8 Å². The van der Waals surface area contributed by atoms with Crippen LogP contribution in [0.3, 0.4) is 0 Å². The van der Waals surface area contributed by atoms with Crippen molar-refractivity contribution in [1.29, 1.82) is 0 Å². The van der Waals surface area contributed by atoms with Gasteiger partial charge in [-0.1, -0.05) is 26.0 Å². The Morgan fingerprint density at radius 2 is 2.16 bits per heavy atom. The van der Waals surface area contributed by atoms with Crippen LogP contribution in [0.25, 0.3) is 0 Å². The first kappa shape index (κ1) is 16.1. The molecule has 1 aromatic rings. The van der Waals surface area contributed by atoms with E-state index in [2.05, 4.69) is 48.7 Å². The summed E-state index contributed by atoms with van der Waals surface area (Å²) in [5, 5.41) is 6.22. The van der Waals surface area contributed by atoms with Gasteiger partial charge in [-0.25, -0.2) is 0 Å². The minimum atomic E-state index is 0.132. The summed E-state index contributed by atoms with van der Waals surface area (Å²) in [6, 6.07) is 8.99. The molecule has 0 heterocycles. The molecule has 0 unspecified atom stereocenters. The van der Waals surface area contributed by atoms with Gasteiger partial charge in [0.15, 0.2) is 0 Å². The van der Waals surface area contributed by atoms with E-state index in [1.165, 1.54) is 10.5 Å². The maximum Gasteiger partial charge on any atom is 0.220 e. The average molecular weight is 280 g/mol. The highest BCUT2D eigenvalue weighted by molar-refractivity contribution is 7.99. The van der Waals surface area contributed by atoms with Gasteiger partial charge in [-0.05, 0) is 24.6 Å². The van der Waals surface area contributed by atoms with Gasteiger partial charge in [0.2, 0.25) is 5.91 Å². The minimum absolute atomic E-state index is 0.132. The second kappa shape index (κ2) is 8.99. The summed E-state index contributed by atoms with van der Waals surface area (Å²) in [6.45, 7) is 7.83. The third-order valence-electron chi connectivity index (χ3n) is 2.58. The average Bonchev–Trinajstić information content (AvgIpc) is 2.37. The largest absolute Gasteiger partial charge is 0.356 e. The van der Waals surface area contributed by atoms with Crippen LogP contribution in [0.5, 0.6) is 0 Å². The minimum Gasteiger partial charge on any atom is -0.356 e. The number of thioether (sulfide) groups is 1. The summed E-state index contributed by atoms with van der Waals surface area (Å²) < 4.78 is 0. The highest BCUT2D eigenvalue weighted by Gasteiger charge is 2.02. The first-order chi connectivity index (χ1) is 9.11. The Morgan fingerprint density at radius 1 is 1.37 bits per heavy atom. The second-order valence-corrected chi connectivity index (χ2v) is 5.90. The molecule has 1 aromatic carbocycles. The molecule has 106 valence electrons. The molecule has 0 aromatic heterocycles. The van der Waals surface area contributed by atoms with Crippen LogP contribution in [0.4, 0.5) is 0 Å². The zero-order valence-corrected chi connectivity index (χ0v) is 12.8. The fourth-order valence-electron chi connectivity index (χ4n) is 1.61. The topological polar surface area (TPSA) is 41.1 Å². The molecule has 1 rings (SSSR count). The zero-order chi connectivity index (χ0) is 14.1. The SMILES string of the molecule is CCNC(=O)CCSc1cccc(CNC(C)C)c1. The molecule has 0 atom stereocenters. The Kier molecular flexibility index (Phi) is 7.60. The molecule has 0 bridgehead atoms. The number of benzene rings is 1. The van der Waals surface area contributed by atoms with Crippen molar-refractivity contribution in [3.8, 4) is 0 Å². The van der Waals surface area contributed by atoms with Crippen LogP contribution in [0.1, 0.15) is 32.8 Å². The molecule has 0 saturated carbocycles. The lowest BCUT2D eigenvalue weighted by Gasteiger charge is -2.09. The lowest BCUT2D eigenvalue weighted by Crippen LogP contribution is -2.22. The number of rotatable bonds is 8. The third kappa shape index (κ3) is 7.23. The number of nitrogens with one attached hydrogen (secondary N) is 2. The molecule has 0 spiro atoms. The normalized spacial score (nSPS) is 10.7. The molecule has 0 fully saturated rings. The van der Waals surface area contributed by atoms with E-state index in [4.69, 9.17) is 0 Å². The number of hydrogen-bond donors (Lipinski definition) is 2. The van der Waals surface area contributed by atoms with Gasteiger partial charge < -0.3 is 10.6 Å². The van der Waals surface area contributed by atoms with Gasteiger partial charge in [0, 0.05) is 36.2 Å². The van der Waals surface area contributed by atoms with E-state index >= 15 is 0 Å². The number of carbonyl (C=O) groups is 1. The van der Waals surface area contributed by atoms with Crippen molar-refractivity contribution in [3.63, 3.8) is 0 Å². The molecular formula is C15H24N2OS. The first-order valence-electron chi connectivity index (χ1n) is 6.83. The van der Waals surface area contributed by atoms with Gasteiger partial charge in [-0.2, -0.15) is 0 Å². The zero-order valence-electron chi connectivity index (χ0n) is 12.0. The standard InChI is InChI=1S/C15H24N2OS/c1-4-16-15(18)8-9-19-14-7-5-6-13(10-14)11-17-12(2)3/h5-7,10,12,17H,4,8-9,11H2,1-3H3,(H,16,18). The van der Waals surface area contributed by atoms with Crippen LogP contribution in [0.15, 0.2) is 29.2 Å². The van der Waals surface area contributed by atoms with Crippen molar-refractivity contribution in [2.24, 2.45) is 0 Å². The number of amides is 1. The molecule has 1 amide bonds. The fourth-order valence-corrected chi connectivity index (χ4v) is 2.55. The summed E-state index contributed by atoms with van der Waals surface area (Å²) in [5.74, 6) is 0.958. The molecule has 0 aliphatic rings. The second-order valence-electron chi connectivity index (χ2n) is 4.73. The molecule has 19 heavy (non-hydrogen) atoms. The monoisotopic (exact) mass is 280 g/mol. The quantitative estimate of drug-likeness (QED) is 0.720. The fraction of sp³-hybridized carbons (Fsp3) is 0.533. The van der Waals surface area contributed by atoms with Crippen LogP contribution >= 0.6 is 11.8 Å². The van der Waals surface area contributed by atoms with Gasteiger partial charge in [-0.15, -0.1) is 11.8 Å². The van der Waals surface area contributed by atoms with Crippen LogP contribution in [0.2, 0.25) is 0 Å². The molecule has 0 saturated heterocycles. The lowest BCUT2D eigenvalue weighted by atomic mass is 10.2. The predicted molar refractivity (Wildman–Crippen MR) is 82.4 cm³/mol. The Balaban J connectivity index is 2.37. The maximum atomic E-state index is 11.3. The summed E-state index contributed by atoms with van der Waals surface area (Å²) in [7, 11) is 0. The van der Waals surface area contributed by atoms with Crippen molar-refractivity contribution in [1.82, 2.24) is 10.6 Å². The van der Waals surface area contributed by atoms with Crippen molar-refractivity contribution >= 4 is 17.7 Å². The highest BCUT2D eigenvalue weighted by atomic mass is 32.2. The van der Waals surface area contributed by atoms with Crippen molar-refractivity contribution in [2.45, 2.75) is 44.7 Å². The highest BCUT2D eigenvalue weighted by Crippen LogP contribution is 2.20. The van der Waals surface area contributed by atoms with Crippen LogP contribution in [-0.4, -0.2) is 24.2 Å². The van der Waals surface area contributed by atoms with Gasteiger partial charge in [0.1, 0.15) is 0 Å². The molecule has 0 radical (unpaired) electrons. The summed E-state index contributed by atoms with van der Waals surface area (Å²) in [6.07, 6.45) is 0.576. The molecule has 2 N–H and O–H groups in total.